The fourth-order valence-corrected chi connectivity index (χ4v) is 2.69. The molecule has 0 heterocycles. The van der Waals surface area contributed by atoms with Gasteiger partial charge in [-0.05, 0) is 42.0 Å². The number of fused-ring (bicyclic) bond motifs is 1. The minimum absolute atomic E-state index is 0.0279. The van der Waals surface area contributed by atoms with E-state index in [0.717, 1.165) is 16.5 Å². The van der Waals surface area contributed by atoms with Crippen LogP contribution in [0.25, 0.3) is 10.8 Å². The van der Waals surface area contributed by atoms with Crippen LogP contribution in [0.15, 0.2) is 60.7 Å². The summed E-state index contributed by atoms with van der Waals surface area (Å²) in [5, 5.41) is 14.8. The number of aromatic carboxylic acids is 1. The van der Waals surface area contributed by atoms with Gasteiger partial charge < -0.3 is 15.2 Å². The summed E-state index contributed by atoms with van der Waals surface area (Å²) in [6.45, 7) is 1.86. The molecule has 0 saturated heterocycles. The van der Waals surface area contributed by atoms with Gasteiger partial charge in [-0.1, -0.05) is 36.4 Å². The Morgan fingerprint density at radius 1 is 1.00 bits per heavy atom. The zero-order chi connectivity index (χ0) is 17.8. The quantitative estimate of drug-likeness (QED) is 0.673. The minimum atomic E-state index is -1.19. The van der Waals surface area contributed by atoms with Gasteiger partial charge in [0.1, 0.15) is 0 Å². The van der Waals surface area contributed by atoms with Gasteiger partial charge >= 0.3 is 11.9 Å². The van der Waals surface area contributed by atoms with Gasteiger partial charge in [-0.2, -0.15) is 0 Å². The van der Waals surface area contributed by atoms with Crippen molar-refractivity contribution in [3.63, 3.8) is 0 Å². The van der Waals surface area contributed by atoms with Crippen LogP contribution in [0.1, 0.15) is 27.6 Å². The van der Waals surface area contributed by atoms with Crippen molar-refractivity contribution < 1.29 is 19.4 Å². The van der Waals surface area contributed by atoms with Gasteiger partial charge in [-0.3, -0.25) is 0 Å². The van der Waals surface area contributed by atoms with Gasteiger partial charge in [0.15, 0.2) is 0 Å². The maximum absolute atomic E-state index is 12.0. The zero-order valence-electron chi connectivity index (χ0n) is 13.7. The van der Waals surface area contributed by atoms with E-state index in [0.29, 0.717) is 5.69 Å². The van der Waals surface area contributed by atoms with Crippen molar-refractivity contribution in [1.82, 2.24) is 0 Å². The molecule has 0 saturated carbocycles. The van der Waals surface area contributed by atoms with Crippen LogP contribution in [0, 0.1) is 0 Å². The number of ether oxygens (including phenoxy) is 1. The maximum atomic E-state index is 12.0. The molecule has 0 amide bonds. The maximum Gasteiger partial charge on any atom is 0.339 e. The fourth-order valence-electron chi connectivity index (χ4n) is 2.69. The fraction of sp³-hybridized carbons (Fsp3) is 0.100. The van der Waals surface area contributed by atoms with E-state index in [1.165, 1.54) is 6.07 Å². The highest BCUT2D eigenvalue weighted by Gasteiger charge is 2.21. The van der Waals surface area contributed by atoms with Crippen molar-refractivity contribution in [3.05, 3.63) is 71.8 Å². The molecule has 3 rings (SSSR count). The van der Waals surface area contributed by atoms with Crippen LogP contribution < -0.4 is 5.32 Å². The van der Waals surface area contributed by atoms with Crippen LogP contribution in [0.4, 0.5) is 11.4 Å². The van der Waals surface area contributed by atoms with E-state index in [1.807, 2.05) is 42.5 Å². The predicted molar refractivity (Wildman–Crippen MR) is 96.6 cm³/mol. The summed E-state index contributed by atoms with van der Waals surface area (Å²) in [6.07, 6.45) is 0. The first kappa shape index (κ1) is 16.5. The molecule has 3 aromatic carbocycles. The van der Waals surface area contributed by atoms with Crippen molar-refractivity contribution in [2.45, 2.75) is 6.92 Å². The van der Waals surface area contributed by atoms with Gasteiger partial charge in [0, 0.05) is 5.69 Å². The van der Waals surface area contributed by atoms with Crippen LogP contribution in [0.2, 0.25) is 0 Å². The average Bonchev–Trinajstić information content (AvgIpc) is 2.61. The normalized spacial score (nSPS) is 10.4. The summed E-state index contributed by atoms with van der Waals surface area (Å²) < 4.78 is 4.95. The predicted octanol–water partition coefficient (Wildman–Crippen LogP) is 4.46. The monoisotopic (exact) mass is 335 g/mol. The number of benzene rings is 3. The lowest BCUT2D eigenvalue weighted by atomic mass is 10.0. The van der Waals surface area contributed by atoms with Crippen LogP contribution >= 0.6 is 0 Å². The van der Waals surface area contributed by atoms with Gasteiger partial charge in [-0.25, -0.2) is 9.59 Å². The smallest absolute Gasteiger partial charge is 0.339 e. The Hall–Kier alpha value is -3.34. The zero-order valence-corrected chi connectivity index (χ0v) is 13.7. The number of carbonyl (C=O) groups excluding carboxylic acids is 1. The molecule has 126 valence electrons. The SMILES string of the molecule is CCOC(=O)c1cccc(Nc2ccc3ccccc3c2)c1C(=O)O. The number of anilines is 2. The van der Waals surface area contributed by atoms with Crippen LogP contribution in [-0.4, -0.2) is 23.7 Å². The number of hydrogen-bond acceptors (Lipinski definition) is 4. The molecule has 0 spiro atoms. The molecule has 5 nitrogen and oxygen atoms in total. The first-order valence-corrected chi connectivity index (χ1v) is 7.89. The van der Waals surface area contributed by atoms with Crippen molar-refractivity contribution in [3.8, 4) is 0 Å². The molecule has 0 aliphatic rings. The minimum Gasteiger partial charge on any atom is -0.478 e. The number of rotatable bonds is 5. The lowest BCUT2D eigenvalue weighted by Gasteiger charge is -2.13. The molecule has 0 atom stereocenters. The third-order valence-corrected chi connectivity index (χ3v) is 3.80. The van der Waals surface area contributed by atoms with Crippen LogP contribution in [-0.2, 0) is 4.74 Å². The first-order valence-electron chi connectivity index (χ1n) is 7.89. The van der Waals surface area contributed by atoms with E-state index in [-0.39, 0.29) is 17.7 Å². The van der Waals surface area contributed by atoms with Gasteiger partial charge in [-0.15, -0.1) is 0 Å². The van der Waals surface area contributed by atoms with Crippen molar-refractivity contribution in [1.29, 1.82) is 0 Å². The highest BCUT2D eigenvalue weighted by molar-refractivity contribution is 6.07. The molecule has 3 aromatic rings. The molecule has 0 aliphatic heterocycles. The summed E-state index contributed by atoms with van der Waals surface area (Å²) in [5.41, 5.74) is 1.00. The summed E-state index contributed by atoms with van der Waals surface area (Å²) in [7, 11) is 0. The molecule has 2 N–H and O–H groups in total. The topological polar surface area (TPSA) is 75.6 Å². The molecule has 0 radical (unpaired) electrons. The van der Waals surface area contributed by atoms with E-state index in [4.69, 9.17) is 4.74 Å². The Labute approximate surface area is 144 Å². The van der Waals surface area contributed by atoms with Crippen molar-refractivity contribution in [2.75, 3.05) is 11.9 Å². The van der Waals surface area contributed by atoms with E-state index in [2.05, 4.69) is 5.32 Å². The Balaban J connectivity index is 2.02. The highest BCUT2D eigenvalue weighted by Crippen LogP contribution is 2.27. The van der Waals surface area contributed by atoms with Gasteiger partial charge in [0.2, 0.25) is 0 Å². The third-order valence-electron chi connectivity index (χ3n) is 3.80. The number of nitrogens with one attached hydrogen (secondary N) is 1. The van der Waals surface area contributed by atoms with E-state index in [1.54, 1.807) is 19.1 Å². The van der Waals surface area contributed by atoms with Crippen molar-refractivity contribution >= 4 is 34.1 Å². The second kappa shape index (κ2) is 7.05. The second-order valence-corrected chi connectivity index (χ2v) is 5.44. The number of carbonyl (C=O) groups is 2. The van der Waals surface area contributed by atoms with Crippen LogP contribution in [0.5, 0.6) is 0 Å². The molecule has 25 heavy (non-hydrogen) atoms. The highest BCUT2D eigenvalue weighted by atomic mass is 16.5. The van der Waals surface area contributed by atoms with Gasteiger partial charge in [0.25, 0.3) is 0 Å². The molecule has 0 aromatic heterocycles. The number of carboxylic acids is 1. The van der Waals surface area contributed by atoms with Gasteiger partial charge in [0.05, 0.1) is 23.4 Å². The molecular formula is C20H17NO4. The standard InChI is InChI=1S/C20H17NO4/c1-2-25-20(24)16-8-5-9-17(18(16)19(22)23)21-15-11-10-13-6-3-4-7-14(13)12-15/h3-12,21H,2H2,1H3,(H,22,23). The van der Waals surface area contributed by atoms with E-state index in [9.17, 15) is 14.7 Å². The van der Waals surface area contributed by atoms with E-state index < -0.39 is 11.9 Å². The Kier molecular flexibility index (Phi) is 4.66. The largest absolute Gasteiger partial charge is 0.478 e. The second-order valence-electron chi connectivity index (χ2n) is 5.44. The molecule has 0 fully saturated rings. The molecule has 0 bridgehead atoms. The van der Waals surface area contributed by atoms with E-state index >= 15 is 0 Å². The first-order chi connectivity index (χ1) is 12.1. The number of esters is 1. The lowest BCUT2D eigenvalue weighted by molar-refractivity contribution is 0.0515. The summed E-state index contributed by atoms with van der Waals surface area (Å²) in [4.78, 5) is 23.7. The molecule has 5 heteroatoms. The number of carboxylic acid groups (broad SMARTS) is 1. The van der Waals surface area contributed by atoms with Crippen LogP contribution in [0.3, 0.4) is 0 Å². The number of hydrogen-bond donors (Lipinski definition) is 2. The Bertz CT molecular complexity index is 949. The average molecular weight is 335 g/mol. The summed E-state index contributed by atoms with van der Waals surface area (Å²) in [5.74, 6) is -1.84. The summed E-state index contributed by atoms with van der Waals surface area (Å²) >= 11 is 0. The molecule has 0 aliphatic carbocycles. The Morgan fingerprint density at radius 2 is 1.76 bits per heavy atom. The Morgan fingerprint density at radius 3 is 2.48 bits per heavy atom. The molecular weight excluding hydrogens is 318 g/mol. The molecule has 0 unspecified atom stereocenters. The van der Waals surface area contributed by atoms with Crippen molar-refractivity contribution in [2.24, 2.45) is 0 Å². The summed E-state index contributed by atoms with van der Waals surface area (Å²) in [6, 6.07) is 18.3. The lowest BCUT2D eigenvalue weighted by Crippen LogP contribution is -2.13. The third kappa shape index (κ3) is 3.45.